The molecule has 114 valence electrons. The summed E-state index contributed by atoms with van der Waals surface area (Å²) >= 11 is 0. The van der Waals surface area contributed by atoms with Gasteiger partial charge in [0, 0.05) is 6.61 Å². The third-order valence-electron chi connectivity index (χ3n) is 4.54. The number of aromatic amines is 1. The maximum Gasteiger partial charge on any atom is 0.353 e. The lowest BCUT2D eigenvalue weighted by Crippen LogP contribution is -2.53. The van der Waals surface area contributed by atoms with E-state index in [1.165, 1.54) is 6.20 Å². The summed E-state index contributed by atoms with van der Waals surface area (Å²) in [6.07, 6.45) is 4.47. The van der Waals surface area contributed by atoms with Crippen LogP contribution in [0.3, 0.4) is 0 Å². The van der Waals surface area contributed by atoms with Crippen LogP contribution in [0.15, 0.2) is 6.20 Å². The molecule has 1 aliphatic heterocycles. The first-order chi connectivity index (χ1) is 10.0. The van der Waals surface area contributed by atoms with Crippen LogP contribution in [0.1, 0.15) is 48.9 Å². The lowest BCUT2D eigenvalue weighted by atomic mass is 9.75. The van der Waals surface area contributed by atoms with Gasteiger partial charge in [-0.15, -0.1) is 0 Å². The van der Waals surface area contributed by atoms with E-state index in [4.69, 9.17) is 9.84 Å². The quantitative estimate of drug-likeness (QED) is 0.769. The minimum atomic E-state index is -1.05. The first kappa shape index (κ1) is 14.1. The van der Waals surface area contributed by atoms with Gasteiger partial charge in [-0.3, -0.25) is 4.79 Å². The van der Waals surface area contributed by atoms with Gasteiger partial charge in [-0.25, -0.2) is 9.78 Å². The first-order valence-corrected chi connectivity index (χ1v) is 7.24. The van der Waals surface area contributed by atoms with Crippen molar-refractivity contribution in [1.82, 2.24) is 15.3 Å². The third-order valence-corrected chi connectivity index (χ3v) is 4.54. The van der Waals surface area contributed by atoms with Gasteiger partial charge < -0.3 is 20.1 Å². The minimum Gasteiger partial charge on any atom is -0.477 e. The Kier molecular flexibility index (Phi) is 3.44. The maximum atomic E-state index is 12.4. The van der Waals surface area contributed by atoms with Crippen molar-refractivity contribution >= 4 is 11.9 Å². The second kappa shape index (κ2) is 5.14. The molecule has 1 aliphatic carbocycles. The number of carbonyl (C=O) groups excluding carboxylic acids is 1. The monoisotopic (exact) mass is 293 g/mol. The van der Waals surface area contributed by atoms with Crippen molar-refractivity contribution in [3.05, 3.63) is 17.7 Å². The fourth-order valence-corrected chi connectivity index (χ4v) is 3.03. The van der Waals surface area contributed by atoms with Gasteiger partial charge in [0.15, 0.2) is 0 Å². The van der Waals surface area contributed by atoms with Crippen LogP contribution in [0.4, 0.5) is 0 Å². The molecule has 2 unspecified atom stereocenters. The average Bonchev–Trinajstić information content (AvgIpc) is 3.02. The number of carboxylic acids is 1. The number of nitrogens with one attached hydrogen (secondary N) is 2. The summed E-state index contributed by atoms with van der Waals surface area (Å²) in [7, 11) is 0. The van der Waals surface area contributed by atoms with Gasteiger partial charge in [-0.1, -0.05) is 0 Å². The predicted molar refractivity (Wildman–Crippen MR) is 72.7 cm³/mol. The van der Waals surface area contributed by atoms with Crippen molar-refractivity contribution < 1.29 is 19.4 Å². The predicted octanol–water partition coefficient (Wildman–Crippen LogP) is 1.03. The largest absolute Gasteiger partial charge is 0.477 e. The summed E-state index contributed by atoms with van der Waals surface area (Å²) in [6.45, 7) is 2.51. The van der Waals surface area contributed by atoms with E-state index in [0.29, 0.717) is 12.4 Å². The Hall–Kier alpha value is -1.89. The molecule has 0 spiro atoms. The van der Waals surface area contributed by atoms with Crippen LogP contribution in [0.25, 0.3) is 0 Å². The zero-order chi connectivity index (χ0) is 15.0. The van der Waals surface area contributed by atoms with Crippen LogP contribution in [0.2, 0.25) is 0 Å². The summed E-state index contributed by atoms with van der Waals surface area (Å²) in [6, 6.07) is 0. The van der Waals surface area contributed by atoms with Crippen molar-refractivity contribution in [3.63, 3.8) is 0 Å². The van der Waals surface area contributed by atoms with E-state index in [-0.39, 0.29) is 23.6 Å². The van der Waals surface area contributed by atoms with E-state index in [0.717, 1.165) is 25.7 Å². The molecule has 3 rings (SSSR count). The molecule has 0 radical (unpaired) electrons. The highest BCUT2D eigenvalue weighted by Crippen LogP contribution is 2.40. The highest BCUT2D eigenvalue weighted by atomic mass is 16.5. The van der Waals surface area contributed by atoms with Gasteiger partial charge in [-0.2, -0.15) is 0 Å². The Morgan fingerprint density at radius 3 is 2.76 bits per heavy atom. The molecule has 2 heterocycles. The number of ether oxygens (including phenoxy) is 1. The van der Waals surface area contributed by atoms with Gasteiger partial charge in [0.2, 0.25) is 5.91 Å². The lowest BCUT2D eigenvalue weighted by Gasteiger charge is -2.41. The third kappa shape index (κ3) is 2.42. The molecule has 7 nitrogen and oxygen atoms in total. The van der Waals surface area contributed by atoms with E-state index < -0.39 is 11.5 Å². The molecule has 7 heteroatoms. The van der Waals surface area contributed by atoms with Gasteiger partial charge in [0.05, 0.1) is 23.8 Å². The van der Waals surface area contributed by atoms with Crippen LogP contribution < -0.4 is 5.32 Å². The van der Waals surface area contributed by atoms with E-state index >= 15 is 0 Å². The summed E-state index contributed by atoms with van der Waals surface area (Å²) in [5.74, 6) is -0.692. The summed E-state index contributed by atoms with van der Waals surface area (Å²) in [5, 5.41) is 12.0. The molecule has 1 amide bonds. The fourth-order valence-electron chi connectivity index (χ4n) is 3.03. The molecule has 0 aromatic carbocycles. The number of carboxylic acid groups (broad SMARTS) is 1. The molecule has 2 fully saturated rings. The normalized spacial score (nSPS) is 27.1. The van der Waals surface area contributed by atoms with Crippen molar-refractivity contribution in [1.29, 1.82) is 0 Å². The topological polar surface area (TPSA) is 104 Å². The number of amides is 1. The van der Waals surface area contributed by atoms with Crippen LogP contribution in [-0.2, 0) is 15.1 Å². The van der Waals surface area contributed by atoms with Crippen LogP contribution in [0, 0.1) is 5.92 Å². The number of hydrogen-bond donors (Lipinski definition) is 3. The number of carbonyl (C=O) groups is 2. The number of aromatic nitrogens is 2. The minimum absolute atomic E-state index is 0.0343. The van der Waals surface area contributed by atoms with Gasteiger partial charge in [-0.05, 0) is 32.6 Å². The zero-order valence-corrected chi connectivity index (χ0v) is 11.9. The summed E-state index contributed by atoms with van der Waals surface area (Å²) in [5.41, 5.74) is -0.504. The molecule has 2 atom stereocenters. The second-order valence-corrected chi connectivity index (χ2v) is 5.85. The molecule has 1 saturated heterocycles. The van der Waals surface area contributed by atoms with Crippen molar-refractivity contribution in [2.24, 2.45) is 5.92 Å². The van der Waals surface area contributed by atoms with Gasteiger partial charge in [0.1, 0.15) is 11.5 Å². The summed E-state index contributed by atoms with van der Waals surface area (Å²) in [4.78, 5) is 30.3. The highest BCUT2D eigenvalue weighted by Gasteiger charge is 2.45. The van der Waals surface area contributed by atoms with E-state index in [9.17, 15) is 9.59 Å². The average molecular weight is 293 g/mol. The van der Waals surface area contributed by atoms with Gasteiger partial charge >= 0.3 is 5.97 Å². The summed E-state index contributed by atoms with van der Waals surface area (Å²) < 4.78 is 5.43. The Balaban J connectivity index is 1.77. The van der Waals surface area contributed by atoms with E-state index in [2.05, 4.69) is 15.3 Å². The number of hydrogen-bond acceptors (Lipinski definition) is 4. The van der Waals surface area contributed by atoms with Crippen LogP contribution in [-0.4, -0.2) is 39.7 Å². The molecular formula is C14H19N3O4. The maximum absolute atomic E-state index is 12.4. The molecule has 21 heavy (non-hydrogen) atoms. The Bertz CT molecular complexity index is 564. The highest BCUT2D eigenvalue weighted by molar-refractivity contribution is 5.85. The number of aromatic carboxylic acids is 1. The molecule has 1 aromatic heterocycles. The second-order valence-electron chi connectivity index (χ2n) is 5.85. The Labute approximate surface area is 122 Å². The molecule has 1 saturated carbocycles. The molecule has 3 N–H and O–H groups in total. The number of imidazole rings is 1. The SMILES string of the molecule is CC1OCCC1C(=O)NC1(c2ncc(C(=O)O)[nH]2)CCC1. The molecular weight excluding hydrogens is 274 g/mol. The van der Waals surface area contributed by atoms with E-state index in [1.807, 2.05) is 6.92 Å². The Morgan fingerprint density at radius 2 is 2.29 bits per heavy atom. The number of rotatable bonds is 4. The molecule has 0 bridgehead atoms. The molecule has 2 aliphatic rings. The standard InChI is InChI=1S/C14H19N3O4/c1-8-9(3-6-21-8)11(18)17-14(4-2-5-14)13-15-7-10(16-13)12(19)20/h7-9H,2-6H2,1H3,(H,15,16)(H,17,18)(H,19,20). The fraction of sp³-hybridized carbons (Fsp3) is 0.643. The lowest BCUT2D eigenvalue weighted by molar-refractivity contribution is -0.129. The number of H-pyrrole nitrogens is 1. The van der Waals surface area contributed by atoms with Crippen LogP contribution >= 0.6 is 0 Å². The van der Waals surface area contributed by atoms with Gasteiger partial charge in [0.25, 0.3) is 0 Å². The first-order valence-electron chi connectivity index (χ1n) is 7.24. The van der Waals surface area contributed by atoms with Crippen molar-refractivity contribution in [3.8, 4) is 0 Å². The molecule has 1 aromatic rings. The van der Waals surface area contributed by atoms with Crippen molar-refractivity contribution in [2.45, 2.75) is 44.2 Å². The smallest absolute Gasteiger partial charge is 0.353 e. The zero-order valence-electron chi connectivity index (χ0n) is 11.9. The Morgan fingerprint density at radius 1 is 1.52 bits per heavy atom. The van der Waals surface area contributed by atoms with Crippen molar-refractivity contribution in [2.75, 3.05) is 6.61 Å². The number of nitrogens with zero attached hydrogens (tertiary/aromatic N) is 1. The van der Waals surface area contributed by atoms with E-state index in [1.54, 1.807) is 0 Å². The van der Waals surface area contributed by atoms with Crippen LogP contribution in [0.5, 0.6) is 0 Å².